The highest BCUT2D eigenvalue weighted by atomic mass is 16.5. The molecule has 3 aromatic heterocycles. The normalized spacial score (nSPS) is 17.6. The predicted molar refractivity (Wildman–Crippen MR) is 109 cm³/mol. The summed E-state index contributed by atoms with van der Waals surface area (Å²) in [6, 6.07) is 9.65. The van der Waals surface area contributed by atoms with Crippen molar-refractivity contribution in [2.45, 2.75) is 25.0 Å². The molecule has 154 valence electrons. The molecule has 0 aliphatic carbocycles. The van der Waals surface area contributed by atoms with Gasteiger partial charge in [-0.3, -0.25) is 0 Å². The van der Waals surface area contributed by atoms with Gasteiger partial charge in [-0.25, -0.2) is 9.78 Å². The second-order valence-electron chi connectivity index (χ2n) is 7.37. The molecule has 30 heavy (non-hydrogen) atoms. The zero-order valence-corrected chi connectivity index (χ0v) is 16.5. The van der Waals surface area contributed by atoms with Gasteiger partial charge >= 0.3 is 5.97 Å². The van der Waals surface area contributed by atoms with Crippen LogP contribution in [0.3, 0.4) is 0 Å². The molecule has 1 saturated heterocycles. The molecule has 9 heteroatoms. The minimum absolute atomic E-state index is 0.330. The molecule has 4 aromatic rings. The van der Waals surface area contributed by atoms with E-state index in [2.05, 4.69) is 25.4 Å². The van der Waals surface area contributed by atoms with Gasteiger partial charge in [-0.2, -0.15) is 14.6 Å². The van der Waals surface area contributed by atoms with E-state index in [9.17, 15) is 4.79 Å². The van der Waals surface area contributed by atoms with Crippen LogP contribution >= 0.6 is 0 Å². The maximum Gasteiger partial charge on any atom is 0.337 e. The Bertz CT molecular complexity index is 1190. The molecule has 0 spiro atoms. The van der Waals surface area contributed by atoms with Gasteiger partial charge in [0.2, 0.25) is 0 Å². The van der Waals surface area contributed by atoms with Gasteiger partial charge in [0.25, 0.3) is 5.78 Å². The monoisotopic (exact) mass is 406 g/mol. The Hall–Kier alpha value is -3.30. The highest BCUT2D eigenvalue weighted by Crippen LogP contribution is 2.29. The van der Waals surface area contributed by atoms with Crippen molar-refractivity contribution in [3.05, 3.63) is 59.8 Å². The van der Waals surface area contributed by atoms with Crippen molar-refractivity contribution >= 4 is 22.6 Å². The molecule has 1 aliphatic rings. The summed E-state index contributed by atoms with van der Waals surface area (Å²) < 4.78 is 12.9. The fraction of sp³-hybridized carbons (Fsp3) is 0.333. The number of benzene rings is 1. The first-order valence-corrected chi connectivity index (χ1v) is 9.93. The molecule has 2 N–H and O–H groups in total. The number of esters is 1. The molecule has 1 aromatic carbocycles. The second-order valence-corrected chi connectivity index (χ2v) is 7.37. The molecule has 2 atom stereocenters. The summed E-state index contributed by atoms with van der Waals surface area (Å²) in [6.07, 6.45) is 5.05. The average molecular weight is 406 g/mol. The lowest BCUT2D eigenvalue weighted by Crippen LogP contribution is -2.28. The highest BCUT2D eigenvalue weighted by Gasteiger charge is 2.24. The standard InChI is InChI=1S/C21H22N6O3/c1-29-20(28)13-4-5-16-14(9-13)10-17(26-16)19(30-11-15-3-2-7-22-15)18-6-8-23-21-24-12-25-27(18)21/h4-6,8-10,12,15,19,22,26H,2-3,7,11H2,1H3/t15?,19-/m1/s1. The van der Waals surface area contributed by atoms with E-state index in [0.29, 0.717) is 24.0 Å². The lowest BCUT2D eigenvalue weighted by Gasteiger charge is -2.20. The molecule has 1 unspecified atom stereocenters. The number of hydrogen-bond acceptors (Lipinski definition) is 7. The van der Waals surface area contributed by atoms with Crippen LogP contribution in [0, 0.1) is 0 Å². The summed E-state index contributed by atoms with van der Waals surface area (Å²) >= 11 is 0. The van der Waals surface area contributed by atoms with Gasteiger partial charge in [0, 0.05) is 23.1 Å². The number of aromatic nitrogens is 5. The first-order valence-electron chi connectivity index (χ1n) is 9.93. The number of fused-ring (bicyclic) bond motifs is 2. The van der Waals surface area contributed by atoms with Crippen LogP contribution < -0.4 is 5.32 Å². The third-order valence-electron chi connectivity index (χ3n) is 5.45. The maximum absolute atomic E-state index is 11.9. The molecule has 0 amide bonds. The van der Waals surface area contributed by atoms with Gasteiger partial charge < -0.3 is 19.8 Å². The third kappa shape index (κ3) is 3.42. The van der Waals surface area contributed by atoms with Gasteiger partial charge in [-0.1, -0.05) is 0 Å². The first kappa shape index (κ1) is 18.7. The van der Waals surface area contributed by atoms with Gasteiger partial charge in [0.05, 0.1) is 30.7 Å². The molecule has 4 heterocycles. The van der Waals surface area contributed by atoms with E-state index in [1.54, 1.807) is 16.8 Å². The molecule has 0 bridgehead atoms. The minimum atomic E-state index is -0.395. The quantitative estimate of drug-likeness (QED) is 0.473. The zero-order chi connectivity index (χ0) is 20.5. The number of aromatic amines is 1. The first-order chi connectivity index (χ1) is 14.7. The van der Waals surface area contributed by atoms with Crippen molar-refractivity contribution in [2.24, 2.45) is 0 Å². The van der Waals surface area contributed by atoms with Crippen LogP contribution in [-0.4, -0.2) is 56.8 Å². The smallest absolute Gasteiger partial charge is 0.337 e. The topological polar surface area (TPSA) is 106 Å². The Kier molecular flexibility index (Phi) is 4.89. The molecular weight excluding hydrogens is 384 g/mol. The summed E-state index contributed by atoms with van der Waals surface area (Å²) in [7, 11) is 1.38. The lowest BCUT2D eigenvalue weighted by atomic mass is 10.1. The van der Waals surface area contributed by atoms with Crippen LogP contribution in [-0.2, 0) is 9.47 Å². The van der Waals surface area contributed by atoms with Crippen molar-refractivity contribution in [1.29, 1.82) is 0 Å². The van der Waals surface area contributed by atoms with Crippen molar-refractivity contribution in [3.8, 4) is 0 Å². The van der Waals surface area contributed by atoms with E-state index in [-0.39, 0.29) is 5.97 Å². The van der Waals surface area contributed by atoms with E-state index in [1.165, 1.54) is 13.4 Å². The van der Waals surface area contributed by atoms with Gasteiger partial charge in [0.15, 0.2) is 0 Å². The number of nitrogens with one attached hydrogen (secondary N) is 2. The van der Waals surface area contributed by atoms with E-state index < -0.39 is 6.10 Å². The largest absolute Gasteiger partial charge is 0.465 e. The molecule has 1 fully saturated rings. The number of carbonyl (C=O) groups is 1. The molecule has 1 aliphatic heterocycles. The third-order valence-corrected chi connectivity index (χ3v) is 5.45. The fourth-order valence-corrected chi connectivity index (χ4v) is 3.94. The van der Waals surface area contributed by atoms with E-state index in [4.69, 9.17) is 9.47 Å². The number of carbonyl (C=O) groups excluding carboxylic acids is 1. The van der Waals surface area contributed by atoms with Crippen LogP contribution in [0.5, 0.6) is 0 Å². The number of nitrogens with zero attached hydrogens (tertiary/aromatic N) is 4. The van der Waals surface area contributed by atoms with Gasteiger partial charge in [0.1, 0.15) is 12.4 Å². The predicted octanol–water partition coefficient (Wildman–Crippen LogP) is 2.25. The van der Waals surface area contributed by atoms with Crippen LogP contribution in [0.15, 0.2) is 42.9 Å². The van der Waals surface area contributed by atoms with Crippen LogP contribution in [0.2, 0.25) is 0 Å². The maximum atomic E-state index is 11.9. The number of methoxy groups -OCH3 is 1. The highest BCUT2D eigenvalue weighted by molar-refractivity contribution is 5.94. The number of hydrogen-bond donors (Lipinski definition) is 2. The molecule has 5 rings (SSSR count). The number of ether oxygens (including phenoxy) is 2. The molecule has 0 radical (unpaired) electrons. The number of H-pyrrole nitrogens is 1. The lowest BCUT2D eigenvalue weighted by molar-refractivity contribution is 0.0597. The SMILES string of the molecule is COC(=O)c1ccc2[nH]c([C@@H](OCC3CCCN3)c3ccnc4ncnn34)cc2c1. The van der Waals surface area contributed by atoms with Crippen LogP contribution in [0.1, 0.15) is 40.7 Å². The van der Waals surface area contributed by atoms with Crippen LogP contribution in [0.25, 0.3) is 16.7 Å². The summed E-state index contributed by atoms with van der Waals surface area (Å²) in [4.78, 5) is 23.8. The van der Waals surface area contributed by atoms with Gasteiger partial charge in [-0.05, 0) is 49.7 Å². The van der Waals surface area contributed by atoms with Gasteiger partial charge in [-0.15, -0.1) is 0 Å². The van der Waals surface area contributed by atoms with E-state index >= 15 is 0 Å². The summed E-state index contributed by atoms with van der Waals surface area (Å²) in [5.74, 6) is 0.155. The Morgan fingerprint density at radius 3 is 3.07 bits per heavy atom. The van der Waals surface area contributed by atoms with Crippen molar-refractivity contribution < 1.29 is 14.3 Å². The minimum Gasteiger partial charge on any atom is -0.465 e. The summed E-state index contributed by atoms with van der Waals surface area (Å²) in [6.45, 7) is 1.59. The molecule has 0 saturated carbocycles. The Labute approximate surface area is 172 Å². The zero-order valence-electron chi connectivity index (χ0n) is 16.5. The van der Waals surface area contributed by atoms with Crippen molar-refractivity contribution in [2.75, 3.05) is 20.3 Å². The average Bonchev–Trinajstić information content (AvgIpc) is 3.52. The Morgan fingerprint density at radius 1 is 1.30 bits per heavy atom. The molecular formula is C21H22N6O3. The van der Waals surface area contributed by atoms with Crippen LogP contribution in [0.4, 0.5) is 0 Å². The Balaban J connectivity index is 1.55. The number of rotatable bonds is 6. The van der Waals surface area contributed by atoms with E-state index in [1.807, 2.05) is 24.3 Å². The van der Waals surface area contributed by atoms with E-state index in [0.717, 1.165) is 41.7 Å². The summed E-state index contributed by atoms with van der Waals surface area (Å²) in [5, 5.41) is 8.69. The molecule has 9 nitrogen and oxygen atoms in total. The summed E-state index contributed by atoms with van der Waals surface area (Å²) in [5.41, 5.74) is 3.11. The van der Waals surface area contributed by atoms with Crippen molar-refractivity contribution in [3.63, 3.8) is 0 Å². The second kappa shape index (κ2) is 7.85. The Morgan fingerprint density at radius 2 is 2.23 bits per heavy atom. The fourth-order valence-electron chi connectivity index (χ4n) is 3.94. The van der Waals surface area contributed by atoms with Crippen molar-refractivity contribution in [1.82, 2.24) is 29.9 Å².